The minimum Gasteiger partial charge on any atom is -0.493 e. The van der Waals surface area contributed by atoms with Crippen molar-refractivity contribution in [2.75, 3.05) is 12.4 Å². The zero-order valence-corrected chi connectivity index (χ0v) is 12.3. The van der Waals surface area contributed by atoms with Crippen LogP contribution in [0.4, 0.5) is 0 Å². The molecule has 0 aliphatic heterocycles. The quantitative estimate of drug-likeness (QED) is 0.480. The number of hydrogen-bond donors (Lipinski definition) is 0. The second-order valence-corrected chi connectivity index (χ2v) is 5.35. The summed E-state index contributed by atoms with van der Waals surface area (Å²) in [6, 6.07) is 11.2. The van der Waals surface area contributed by atoms with Gasteiger partial charge in [0, 0.05) is 11.4 Å². The number of aryl methyl sites for hydroxylation is 2. The monoisotopic (exact) mass is 285 g/mol. The molecular weight excluding hydrogens is 270 g/mol. The predicted octanol–water partition coefficient (Wildman–Crippen LogP) is 3.14. The Labute approximate surface area is 122 Å². The van der Waals surface area contributed by atoms with Gasteiger partial charge in [-0.05, 0) is 38.1 Å². The average Bonchev–Trinajstić information content (AvgIpc) is 2.43. The lowest BCUT2D eigenvalue weighted by Gasteiger charge is -2.06. The van der Waals surface area contributed by atoms with Crippen LogP contribution in [0.15, 0.2) is 35.4 Å². The van der Waals surface area contributed by atoms with Gasteiger partial charge in [-0.3, -0.25) is 0 Å². The van der Waals surface area contributed by atoms with Gasteiger partial charge in [-0.25, -0.2) is 9.97 Å². The Balaban J connectivity index is 1.83. The second-order valence-electron chi connectivity index (χ2n) is 4.23. The van der Waals surface area contributed by atoms with E-state index in [1.165, 1.54) is 0 Å². The Morgan fingerprint density at radius 2 is 2.10 bits per heavy atom. The lowest BCUT2D eigenvalue weighted by Crippen LogP contribution is -2.01. The zero-order chi connectivity index (χ0) is 14.4. The molecule has 1 aromatic carbocycles. The normalized spacial score (nSPS) is 10.1. The zero-order valence-electron chi connectivity index (χ0n) is 11.5. The summed E-state index contributed by atoms with van der Waals surface area (Å²) in [6.45, 7) is 4.42. The SMILES string of the molecule is Cc1cc(SCCOc2cccc(C#N)c2)nc(C)n1. The molecule has 2 rings (SSSR count). The van der Waals surface area contributed by atoms with Crippen molar-refractivity contribution < 1.29 is 4.74 Å². The fourth-order valence-corrected chi connectivity index (χ4v) is 2.54. The number of aromatic nitrogens is 2. The van der Waals surface area contributed by atoms with E-state index in [9.17, 15) is 0 Å². The van der Waals surface area contributed by atoms with Crippen molar-refractivity contribution in [2.45, 2.75) is 18.9 Å². The molecule has 0 bridgehead atoms. The lowest BCUT2D eigenvalue weighted by atomic mass is 10.2. The largest absolute Gasteiger partial charge is 0.493 e. The number of thioether (sulfide) groups is 1. The molecule has 0 fully saturated rings. The summed E-state index contributed by atoms with van der Waals surface area (Å²) in [4.78, 5) is 8.60. The van der Waals surface area contributed by atoms with Crippen molar-refractivity contribution in [3.8, 4) is 11.8 Å². The smallest absolute Gasteiger partial charge is 0.126 e. The van der Waals surface area contributed by atoms with E-state index in [0.717, 1.165) is 28.0 Å². The third-order valence-electron chi connectivity index (χ3n) is 2.51. The van der Waals surface area contributed by atoms with Crippen molar-refractivity contribution >= 4 is 11.8 Å². The van der Waals surface area contributed by atoms with Gasteiger partial charge >= 0.3 is 0 Å². The van der Waals surface area contributed by atoms with Crippen LogP contribution in [0.25, 0.3) is 0 Å². The lowest BCUT2D eigenvalue weighted by molar-refractivity contribution is 0.344. The molecule has 0 spiro atoms. The molecule has 102 valence electrons. The van der Waals surface area contributed by atoms with Crippen LogP contribution in [-0.2, 0) is 0 Å². The first-order valence-electron chi connectivity index (χ1n) is 6.25. The first-order chi connectivity index (χ1) is 9.67. The fraction of sp³-hybridized carbons (Fsp3) is 0.267. The number of rotatable bonds is 5. The van der Waals surface area contributed by atoms with Crippen molar-refractivity contribution in [2.24, 2.45) is 0 Å². The molecule has 0 saturated carbocycles. The maximum atomic E-state index is 8.81. The molecule has 5 heteroatoms. The summed E-state index contributed by atoms with van der Waals surface area (Å²) in [7, 11) is 0. The van der Waals surface area contributed by atoms with Gasteiger partial charge < -0.3 is 4.74 Å². The first-order valence-corrected chi connectivity index (χ1v) is 7.24. The van der Waals surface area contributed by atoms with E-state index in [2.05, 4.69) is 16.0 Å². The Morgan fingerprint density at radius 3 is 2.85 bits per heavy atom. The number of nitriles is 1. The standard InChI is InChI=1S/C15H15N3OS/c1-11-8-15(18-12(2)17-11)20-7-6-19-14-5-3-4-13(9-14)10-16/h3-5,8-9H,6-7H2,1-2H3. The molecule has 0 saturated heterocycles. The highest BCUT2D eigenvalue weighted by molar-refractivity contribution is 7.99. The maximum Gasteiger partial charge on any atom is 0.126 e. The van der Waals surface area contributed by atoms with Crippen molar-refractivity contribution in [1.82, 2.24) is 9.97 Å². The van der Waals surface area contributed by atoms with Gasteiger partial charge in [-0.1, -0.05) is 6.07 Å². The molecule has 0 atom stereocenters. The number of hydrogen-bond acceptors (Lipinski definition) is 5. The van der Waals surface area contributed by atoms with Crippen LogP contribution in [0.2, 0.25) is 0 Å². The molecule has 0 N–H and O–H groups in total. The molecular formula is C15H15N3OS. The Morgan fingerprint density at radius 1 is 1.25 bits per heavy atom. The first kappa shape index (κ1) is 14.4. The topological polar surface area (TPSA) is 58.8 Å². The van der Waals surface area contributed by atoms with E-state index < -0.39 is 0 Å². The van der Waals surface area contributed by atoms with Crippen molar-refractivity contribution in [3.63, 3.8) is 0 Å². The van der Waals surface area contributed by atoms with E-state index in [4.69, 9.17) is 10.00 Å². The average molecular weight is 285 g/mol. The van der Waals surface area contributed by atoms with Crippen LogP contribution in [0.3, 0.4) is 0 Å². The Kier molecular flexibility index (Phi) is 4.97. The Bertz CT molecular complexity index is 617. The summed E-state index contributed by atoms with van der Waals surface area (Å²) in [6.07, 6.45) is 0. The van der Waals surface area contributed by atoms with Crippen LogP contribution < -0.4 is 4.74 Å². The van der Waals surface area contributed by atoms with Gasteiger partial charge in [0.25, 0.3) is 0 Å². The molecule has 0 aliphatic rings. The highest BCUT2D eigenvalue weighted by Crippen LogP contribution is 2.17. The van der Waals surface area contributed by atoms with Gasteiger partial charge in [0.1, 0.15) is 16.6 Å². The van der Waals surface area contributed by atoms with E-state index in [1.54, 1.807) is 23.9 Å². The Hall–Kier alpha value is -2.06. The van der Waals surface area contributed by atoms with Crippen LogP contribution in [0.5, 0.6) is 5.75 Å². The van der Waals surface area contributed by atoms with Gasteiger partial charge in [0.05, 0.1) is 18.2 Å². The minimum atomic E-state index is 0.571. The number of nitrogens with zero attached hydrogens (tertiary/aromatic N) is 3. The maximum absolute atomic E-state index is 8.81. The summed E-state index contributed by atoms with van der Waals surface area (Å²) in [5.41, 5.74) is 1.58. The highest BCUT2D eigenvalue weighted by atomic mass is 32.2. The van der Waals surface area contributed by atoms with Gasteiger partial charge in [0.2, 0.25) is 0 Å². The molecule has 1 aromatic heterocycles. The minimum absolute atomic E-state index is 0.571. The van der Waals surface area contributed by atoms with Crippen molar-refractivity contribution in [1.29, 1.82) is 5.26 Å². The van der Waals surface area contributed by atoms with E-state index in [-0.39, 0.29) is 0 Å². The van der Waals surface area contributed by atoms with Crippen LogP contribution in [-0.4, -0.2) is 22.3 Å². The van der Waals surface area contributed by atoms with E-state index in [1.807, 2.05) is 32.0 Å². The molecule has 0 aliphatic carbocycles. The van der Waals surface area contributed by atoms with Gasteiger partial charge in [0.15, 0.2) is 0 Å². The van der Waals surface area contributed by atoms with Gasteiger partial charge in [-0.2, -0.15) is 5.26 Å². The van der Waals surface area contributed by atoms with E-state index >= 15 is 0 Å². The molecule has 0 unspecified atom stereocenters. The summed E-state index contributed by atoms with van der Waals surface area (Å²) >= 11 is 1.64. The predicted molar refractivity (Wildman–Crippen MR) is 78.9 cm³/mol. The number of benzene rings is 1. The van der Waals surface area contributed by atoms with Crippen LogP contribution in [0, 0.1) is 25.2 Å². The molecule has 0 radical (unpaired) electrons. The second kappa shape index (κ2) is 6.92. The summed E-state index contributed by atoms with van der Waals surface area (Å²) in [5.74, 6) is 2.31. The highest BCUT2D eigenvalue weighted by Gasteiger charge is 2.01. The third kappa shape index (κ3) is 4.25. The summed E-state index contributed by atoms with van der Waals surface area (Å²) in [5, 5.41) is 9.77. The molecule has 1 heterocycles. The molecule has 4 nitrogen and oxygen atoms in total. The van der Waals surface area contributed by atoms with Crippen LogP contribution >= 0.6 is 11.8 Å². The third-order valence-corrected chi connectivity index (χ3v) is 3.38. The summed E-state index contributed by atoms with van der Waals surface area (Å²) < 4.78 is 5.62. The number of ether oxygens (including phenoxy) is 1. The fourth-order valence-electron chi connectivity index (χ4n) is 1.72. The molecule has 20 heavy (non-hydrogen) atoms. The van der Waals surface area contributed by atoms with Gasteiger partial charge in [-0.15, -0.1) is 11.8 Å². The molecule has 0 amide bonds. The molecule has 2 aromatic rings. The van der Waals surface area contributed by atoms with E-state index in [0.29, 0.717) is 12.2 Å². The van der Waals surface area contributed by atoms with Crippen LogP contribution in [0.1, 0.15) is 17.1 Å². The van der Waals surface area contributed by atoms with Crippen molar-refractivity contribution in [3.05, 3.63) is 47.4 Å².